The number of H-pyrrole nitrogens is 1. The summed E-state index contributed by atoms with van der Waals surface area (Å²) in [6.45, 7) is 9.61. The molecule has 2 N–H and O–H groups in total. The van der Waals surface area contributed by atoms with Crippen molar-refractivity contribution in [1.29, 1.82) is 0 Å². The van der Waals surface area contributed by atoms with Crippen molar-refractivity contribution < 1.29 is 4.79 Å². The number of carbonyl (C=O) groups excluding carboxylic acids is 1. The largest absolute Gasteiger partial charge is 0.368 e. The van der Waals surface area contributed by atoms with E-state index in [-0.39, 0.29) is 5.91 Å². The number of aromatic nitrogens is 1. The molecule has 4 rings (SSSR count). The van der Waals surface area contributed by atoms with Crippen LogP contribution in [0, 0.1) is 13.8 Å². The summed E-state index contributed by atoms with van der Waals surface area (Å²) in [7, 11) is 0. The molecule has 1 amide bonds. The number of piperazine rings is 1. The number of nitrogens with one attached hydrogen (secondary N) is 2. The minimum absolute atomic E-state index is 0.0147. The molecule has 7 heteroatoms. The van der Waals surface area contributed by atoms with Gasteiger partial charge in [-0.3, -0.25) is 9.69 Å². The average Bonchev–Trinajstić information content (AvgIpc) is 3.23. The van der Waals surface area contributed by atoms with Crippen molar-refractivity contribution in [3.05, 3.63) is 75.4 Å². The van der Waals surface area contributed by atoms with Gasteiger partial charge < -0.3 is 15.2 Å². The Hall–Kier alpha value is -2.47. The number of hydrogen-bond acceptors (Lipinski definition) is 3. The number of anilines is 1. The van der Waals surface area contributed by atoms with Gasteiger partial charge in [0.15, 0.2) is 0 Å². The first-order valence-electron chi connectivity index (χ1n) is 11.9. The van der Waals surface area contributed by atoms with Gasteiger partial charge in [0.1, 0.15) is 0 Å². The van der Waals surface area contributed by atoms with Gasteiger partial charge in [-0.25, -0.2) is 0 Å². The minimum atomic E-state index is -0.0147. The molecule has 34 heavy (non-hydrogen) atoms. The van der Waals surface area contributed by atoms with E-state index in [9.17, 15) is 4.79 Å². The Morgan fingerprint density at radius 3 is 2.47 bits per heavy atom. The van der Waals surface area contributed by atoms with E-state index in [1.807, 2.05) is 31.2 Å². The number of benzene rings is 2. The van der Waals surface area contributed by atoms with Crippen molar-refractivity contribution in [1.82, 2.24) is 15.2 Å². The van der Waals surface area contributed by atoms with Crippen molar-refractivity contribution >= 4 is 34.8 Å². The van der Waals surface area contributed by atoms with Crippen LogP contribution < -0.4 is 10.2 Å². The molecule has 0 unspecified atom stereocenters. The Balaban J connectivity index is 1.17. The third-order valence-electron chi connectivity index (χ3n) is 6.45. The number of hydrogen-bond donors (Lipinski definition) is 2. The molecule has 2 heterocycles. The summed E-state index contributed by atoms with van der Waals surface area (Å²) in [4.78, 5) is 20.8. The minimum Gasteiger partial charge on any atom is -0.368 e. The summed E-state index contributed by atoms with van der Waals surface area (Å²) >= 11 is 12.5. The summed E-state index contributed by atoms with van der Waals surface area (Å²) in [6, 6.07) is 16.1. The maximum atomic E-state index is 12.7. The second kappa shape index (κ2) is 11.3. The fourth-order valence-corrected chi connectivity index (χ4v) is 4.80. The summed E-state index contributed by atoms with van der Waals surface area (Å²) < 4.78 is 0. The van der Waals surface area contributed by atoms with Crippen molar-refractivity contribution in [3.8, 4) is 11.3 Å². The van der Waals surface area contributed by atoms with Crippen LogP contribution in [0.3, 0.4) is 0 Å². The van der Waals surface area contributed by atoms with Crippen LogP contribution in [0.5, 0.6) is 0 Å². The molecule has 0 saturated carbocycles. The van der Waals surface area contributed by atoms with E-state index in [4.69, 9.17) is 23.2 Å². The topological polar surface area (TPSA) is 51.4 Å². The van der Waals surface area contributed by atoms with Gasteiger partial charge in [0.25, 0.3) is 5.91 Å². The highest BCUT2D eigenvalue weighted by molar-refractivity contribution is 6.43. The highest BCUT2D eigenvalue weighted by Crippen LogP contribution is 2.32. The van der Waals surface area contributed by atoms with E-state index >= 15 is 0 Å². The highest BCUT2D eigenvalue weighted by atomic mass is 35.5. The van der Waals surface area contributed by atoms with Gasteiger partial charge in [-0.15, -0.1) is 0 Å². The third-order valence-corrected chi connectivity index (χ3v) is 7.26. The van der Waals surface area contributed by atoms with Crippen LogP contribution in [-0.2, 0) is 0 Å². The molecule has 1 aliphatic heterocycles. The third kappa shape index (κ3) is 5.96. The summed E-state index contributed by atoms with van der Waals surface area (Å²) in [5, 5.41) is 4.32. The SMILES string of the molecule is Cc1ccc(-c2cc(C(=O)NCCCCN3CCN(c4cccc(Cl)c4Cl)CC3)c(C)[nH]2)cc1. The standard InChI is InChI=1S/C27H32Cl2N4O/c1-19-8-10-21(11-9-19)24-18-22(20(2)31-24)27(34)30-12-3-4-13-32-14-16-33(17-15-32)25-7-5-6-23(28)26(25)29/h5-11,18,31H,3-4,12-17H2,1-2H3,(H,30,34). The molecule has 0 aliphatic carbocycles. The van der Waals surface area contributed by atoms with Crippen molar-refractivity contribution in [2.75, 3.05) is 44.2 Å². The average molecular weight is 499 g/mol. The first-order valence-corrected chi connectivity index (χ1v) is 12.6. The quantitative estimate of drug-likeness (QED) is 0.378. The first-order chi connectivity index (χ1) is 16.4. The smallest absolute Gasteiger partial charge is 0.253 e. The van der Waals surface area contributed by atoms with E-state index in [0.717, 1.165) is 68.2 Å². The predicted octanol–water partition coefficient (Wildman–Crippen LogP) is 5.94. The lowest BCUT2D eigenvalue weighted by Gasteiger charge is -2.36. The molecule has 180 valence electrons. The second-order valence-corrected chi connectivity index (χ2v) is 9.74. The molecule has 5 nitrogen and oxygen atoms in total. The maximum absolute atomic E-state index is 12.7. The number of unbranched alkanes of at least 4 members (excludes halogenated alkanes) is 1. The summed E-state index contributed by atoms with van der Waals surface area (Å²) in [5.74, 6) is -0.0147. The Labute approximate surface area is 212 Å². The van der Waals surface area contributed by atoms with Gasteiger partial charge in [0.05, 0.1) is 21.3 Å². The molecular weight excluding hydrogens is 467 g/mol. The van der Waals surface area contributed by atoms with Crippen LogP contribution in [0.4, 0.5) is 5.69 Å². The zero-order valence-electron chi connectivity index (χ0n) is 19.8. The van der Waals surface area contributed by atoms with Crippen LogP contribution in [0.2, 0.25) is 10.0 Å². The Kier molecular flexibility index (Phi) is 8.19. The van der Waals surface area contributed by atoms with Crippen LogP contribution in [-0.4, -0.2) is 55.1 Å². The Morgan fingerprint density at radius 2 is 1.74 bits per heavy atom. The van der Waals surface area contributed by atoms with E-state index < -0.39 is 0 Å². The molecule has 0 radical (unpaired) electrons. The Morgan fingerprint density at radius 1 is 1.00 bits per heavy atom. The zero-order chi connectivity index (χ0) is 24.1. The molecule has 0 bridgehead atoms. The van der Waals surface area contributed by atoms with Crippen LogP contribution in [0.15, 0.2) is 48.5 Å². The van der Waals surface area contributed by atoms with Gasteiger partial charge in [0.2, 0.25) is 0 Å². The summed E-state index contributed by atoms with van der Waals surface area (Å²) in [6.07, 6.45) is 2.01. The van der Waals surface area contributed by atoms with E-state index in [0.29, 0.717) is 22.2 Å². The molecule has 1 fully saturated rings. The van der Waals surface area contributed by atoms with Crippen LogP contribution in [0.25, 0.3) is 11.3 Å². The van der Waals surface area contributed by atoms with Crippen molar-refractivity contribution in [2.24, 2.45) is 0 Å². The number of carbonyl (C=O) groups is 1. The fourth-order valence-electron chi connectivity index (χ4n) is 4.39. The molecule has 1 aromatic heterocycles. The number of amides is 1. The maximum Gasteiger partial charge on any atom is 0.253 e. The molecule has 3 aromatic rings. The lowest BCUT2D eigenvalue weighted by Crippen LogP contribution is -2.46. The number of aryl methyl sites for hydroxylation is 2. The summed E-state index contributed by atoms with van der Waals surface area (Å²) in [5.41, 5.74) is 5.91. The zero-order valence-corrected chi connectivity index (χ0v) is 21.3. The number of aromatic amines is 1. The molecule has 0 atom stereocenters. The number of nitrogens with zero attached hydrogens (tertiary/aromatic N) is 2. The van der Waals surface area contributed by atoms with Gasteiger partial charge in [-0.2, -0.15) is 0 Å². The second-order valence-electron chi connectivity index (χ2n) is 8.95. The molecule has 2 aromatic carbocycles. The fraction of sp³-hybridized carbons (Fsp3) is 0.370. The van der Waals surface area contributed by atoms with Crippen LogP contribution >= 0.6 is 23.2 Å². The lowest BCUT2D eigenvalue weighted by molar-refractivity contribution is 0.0952. The van der Waals surface area contributed by atoms with Crippen molar-refractivity contribution in [3.63, 3.8) is 0 Å². The lowest BCUT2D eigenvalue weighted by atomic mass is 10.1. The van der Waals surface area contributed by atoms with Gasteiger partial charge in [0, 0.05) is 44.1 Å². The van der Waals surface area contributed by atoms with Crippen molar-refractivity contribution in [2.45, 2.75) is 26.7 Å². The normalized spacial score (nSPS) is 14.4. The van der Waals surface area contributed by atoms with Gasteiger partial charge in [-0.05, 0) is 57.0 Å². The molecule has 0 spiro atoms. The van der Waals surface area contributed by atoms with Gasteiger partial charge >= 0.3 is 0 Å². The molecule has 1 saturated heterocycles. The van der Waals surface area contributed by atoms with Gasteiger partial charge in [-0.1, -0.05) is 59.1 Å². The monoisotopic (exact) mass is 498 g/mol. The predicted molar refractivity (Wildman–Crippen MR) is 142 cm³/mol. The number of rotatable bonds is 8. The number of halogens is 2. The Bertz CT molecular complexity index is 1120. The van der Waals surface area contributed by atoms with E-state index in [1.54, 1.807) is 0 Å². The van der Waals surface area contributed by atoms with E-state index in [2.05, 4.69) is 51.3 Å². The van der Waals surface area contributed by atoms with E-state index in [1.165, 1.54) is 5.56 Å². The highest BCUT2D eigenvalue weighted by Gasteiger charge is 2.19. The molecule has 1 aliphatic rings. The molecular formula is C27H32Cl2N4O. The van der Waals surface area contributed by atoms with Crippen LogP contribution in [0.1, 0.15) is 34.5 Å². The first kappa shape index (κ1) is 24.6.